The molecule has 0 N–H and O–H groups in total. The van der Waals surface area contributed by atoms with E-state index in [9.17, 15) is 8.42 Å². The Balaban J connectivity index is 2.76. The summed E-state index contributed by atoms with van der Waals surface area (Å²) in [5.74, 6) is -0.000603. The molecule has 2 atom stereocenters. The minimum Gasteiger partial charge on any atom is -0.414 e. The first-order chi connectivity index (χ1) is 11.3. The zero-order chi connectivity index (χ0) is 19.5. The number of benzene rings is 1. The maximum Gasteiger partial charge on any atom is 0.296 e. The van der Waals surface area contributed by atoms with Crippen molar-refractivity contribution in [3.63, 3.8) is 0 Å². The van der Waals surface area contributed by atoms with Crippen molar-refractivity contribution in [3.05, 3.63) is 29.8 Å². The van der Waals surface area contributed by atoms with Gasteiger partial charge in [0.15, 0.2) is 8.32 Å². The van der Waals surface area contributed by atoms with E-state index >= 15 is 0 Å². The average molecular weight is 387 g/mol. The van der Waals surface area contributed by atoms with Crippen LogP contribution in [0.3, 0.4) is 0 Å². The van der Waals surface area contributed by atoms with Gasteiger partial charge >= 0.3 is 0 Å². The van der Waals surface area contributed by atoms with Gasteiger partial charge in [0.2, 0.25) is 0 Å². The second-order valence-electron chi connectivity index (χ2n) is 8.35. The zero-order valence-electron chi connectivity index (χ0n) is 16.9. The standard InChI is InChI=1S/C19H34O4SSi/c1-9-18(23-25(7,8)19(4,5)6)16(3)14-22-24(20,21)17-12-10-15(2)11-13-17/h10-13,16,18H,9,14H2,1-8H3. The van der Waals surface area contributed by atoms with Crippen molar-refractivity contribution in [2.24, 2.45) is 5.92 Å². The molecule has 2 unspecified atom stereocenters. The van der Waals surface area contributed by atoms with E-state index < -0.39 is 18.4 Å². The maximum atomic E-state index is 12.3. The van der Waals surface area contributed by atoms with Gasteiger partial charge in [-0.05, 0) is 43.6 Å². The molecule has 0 aliphatic heterocycles. The molecular weight excluding hydrogens is 352 g/mol. The molecule has 0 aliphatic rings. The lowest BCUT2D eigenvalue weighted by atomic mass is 10.0. The van der Waals surface area contributed by atoms with Crippen LogP contribution in [0, 0.1) is 12.8 Å². The Bertz CT molecular complexity index is 645. The fourth-order valence-corrected chi connectivity index (χ4v) is 4.74. The second kappa shape index (κ2) is 8.33. The smallest absolute Gasteiger partial charge is 0.296 e. The Morgan fingerprint density at radius 2 is 1.64 bits per heavy atom. The van der Waals surface area contributed by atoms with E-state index in [1.54, 1.807) is 24.3 Å². The molecule has 0 spiro atoms. The van der Waals surface area contributed by atoms with Gasteiger partial charge in [-0.3, -0.25) is 4.18 Å². The van der Waals surface area contributed by atoms with E-state index in [0.29, 0.717) is 0 Å². The van der Waals surface area contributed by atoms with Crippen molar-refractivity contribution in [2.45, 2.75) is 77.1 Å². The highest BCUT2D eigenvalue weighted by Crippen LogP contribution is 2.38. The third-order valence-corrected chi connectivity index (χ3v) is 10.9. The van der Waals surface area contributed by atoms with Gasteiger partial charge < -0.3 is 4.43 Å². The van der Waals surface area contributed by atoms with Crippen molar-refractivity contribution in [1.82, 2.24) is 0 Å². The Morgan fingerprint density at radius 3 is 2.08 bits per heavy atom. The number of hydrogen-bond donors (Lipinski definition) is 0. The largest absolute Gasteiger partial charge is 0.414 e. The van der Waals surface area contributed by atoms with Crippen molar-refractivity contribution < 1.29 is 17.0 Å². The number of rotatable bonds is 8. The lowest BCUT2D eigenvalue weighted by molar-refractivity contribution is 0.0913. The summed E-state index contributed by atoms with van der Waals surface area (Å²) in [7, 11) is -5.63. The number of aryl methyl sites for hydroxylation is 1. The van der Waals surface area contributed by atoms with Crippen LogP contribution in [0.2, 0.25) is 18.1 Å². The molecule has 144 valence electrons. The quantitative estimate of drug-likeness (QED) is 0.459. The molecule has 6 heteroatoms. The predicted molar refractivity (Wildman–Crippen MR) is 106 cm³/mol. The monoisotopic (exact) mass is 386 g/mol. The lowest BCUT2D eigenvalue weighted by Gasteiger charge is -2.40. The molecule has 0 fully saturated rings. The summed E-state index contributed by atoms with van der Waals surface area (Å²) >= 11 is 0. The highest BCUT2D eigenvalue weighted by molar-refractivity contribution is 7.86. The summed E-state index contributed by atoms with van der Waals surface area (Å²) in [5.41, 5.74) is 1.01. The van der Waals surface area contributed by atoms with Crippen molar-refractivity contribution in [3.8, 4) is 0 Å². The summed E-state index contributed by atoms with van der Waals surface area (Å²) in [4.78, 5) is 0.198. The van der Waals surface area contributed by atoms with Crippen LogP contribution in [0.5, 0.6) is 0 Å². The van der Waals surface area contributed by atoms with E-state index in [1.807, 2.05) is 13.8 Å². The Morgan fingerprint density at radius 1 is 1.12 bits per heavy atom. The summed E-state index contributed by atoms with van der Waals surface area (Å²) in [6.45, 7) is 17.2. The molecule has 1 aromatic carbocycles. The molecule has 4 nitrogen and oxygen atoms in total. The first kappa shape index (κ1) is 22.3. The molecule has 0 aliphatic carbocycles. The van der Waals surface area contributed by atoms with Crippen molar-refractivity contribution >= 4 is 18.4 Å². The molecule has 0 saturated heterocycles. The molecule has 0 heterocycles. The van der Waals surface area contributed by atoms with Gasteiger partial charge in [0.25, 0.3) is 10.1 Å². The second-order valence-corrected chi connectivity index (χ2v) is 14.7. The van der Waals surface area contributed by atoms with Crippen LogP contribution in [0.25, 0.3) is 0 Å². The Kier molecular flexibility index (Phi) is 7.45. The highest BCUT2D eigenvalue weighted by atomic mass is 32.2. The fourth-order valence-electron chi connectivity index (χ4n) is 2.23. The third-order valence-electron chi connectivity index (χ3n) is 5.08. The summed E-state index contributed by atoms with van der Waals surface area (Å²) in [5, 5.41) is 0.120. The van der Waals surface area contributed by atoms with Gasteiger partial charge in [-0.2, -0.15) is 8.42 Å². The van der Waals surface area contributed by atoms with Crippen LogP contribution < -0.4 is 0 Å². The molecule has 25 heavy (non-hydrogen) atoms. The molecule has 0 radical (unpaired) electrons. The van der Waals surface area contributed by atoms with Crippen LogP contribution in [0.4, 0.5) is 0 Å². The lowest BCUT2D eigenvalue weighted by Crippen LogP contribution is -2.46. The molecule has 0 aromatic heterocycles. The molecule has 0 amide bonds. The highest BCUT2D eigenvalue weighted by Gasteiger charge is 2.40. The van der Waals surface area contributed by atoms with Crippen LogP contribution in [0.15, 0.2) is 29.2 Å². The van der Waals surface area contributed by atoms with E-state index in [0.717, 1.165) is 12.0 Å². The molecular formula is C19H34O4SSi. The predicted octanol–water partition coefficient (Wildman–Crippen LogP) is 5.14. The topological polar surface area (TPSA) is 52.6 Å². The summed E-state index contributed by atoms with van der Waals surface area (Å²) in [6.07, 6.45) is 0.829. The van der Waals surface area contributed by atoms with Crippen LogP contribution >= 0.6 is 0 Å². The summed E-state index contributed by atoms with van der Waals surface area (Å²) < 4.78 is 36.5. The van der Waals surface area contributed by atoms with Crippen LogP contribution in [-0.2, 0) is 18.7 Å². The molecule has 1 aromatic rings. The Labute approximate surface area is 155 Å². The third kappa shape index (κ3) is 6.20. The minimum absolute atomic E-state index is 0.000603. The summed E-state index contributed by atoms with van der Waals surface area (Å²) in [6, 6.07) is 6.71. The molecule has 0 saturated carbocycles. The van der Waals surface area contributed by atoms with Crippen molar-refractivity contribution in [1.29, 1.82) is 0 Å². The minimum atomic E-state index is -3.73. The number of hydrogen-bond acceptors (Lipinski definition) is 4. The average Bonchev–Trinajstić information content (AvgIpc) is 2.49. The van der Waals surface area contributed by atoms with Gasteiger partial charge in [0.05, 0.1) is 11.5 Å². The fraction of sp³-hybridized carbons (Fsp3) is 0.684. The van der Waals surface area contributed by atoms with Gasteiger partial charge in [-0.15, -0.1) is 0 Å². The zero-order valence-corrected chi connectivity index (χ0v) is 18.7. The maximum absolute atomic E-state index is 12.3. The Hall–Kier alpha value is -0.693. The molecule has 1 rings (SSSR count). The van der Waals surface area contributed by atoms with Gasteiger partial charge in [0.1, 0.15) is 0 Å². The van der Waals surface area contributed by atoms with E-state index in [-0.39, 0.29) is 28.6 Å². The van der Waals surface area contributed by atoms with Crippen LogP contribution in [-0.4, -0.2) is 29.4 Å². The SMILES string of the molecule is CCC(O[Si](C)(C)C(C)(C)C)C(C)COS(=O)(=O)c1ccc(C)cc1. The van der Waals surface area contributed by atoms with E-state index in [2.05, 4.69) is 40.8 Å². The molecule has 0 bridgehead atoms. The van der Waals surface area contributed by atoms with Crippen LogP contribution in [0.1, 0.15) is 46.6 Å². The van der Waals surface area contributed by atoms with Gasteiger partial charge in [-0.1, -0.05) is 52.3 Å². The first-order valence-corrected chi connectivity index (χ1v) is 13.3. The van der Waals surface area contributed by atoms with E-state index in [1.165, 1.54) is 0 Å². The van der Waals surface area contributed by atoms with Crippen molar-refractivity contribution in [2.75, 3.05) is 6.61 Å². The van der Waals surface area contributed by atoms with Gasteiger partial charge in [-0.25, -0.2) is 0 Å². The van der Waals surface area contributed by atoms with E-state index in [4.69, 9.17) is 8.61 Å². The normalized spacial score (nSPS) is 15.8. The van der Waals surface area contributed by atoms with Gasteiger partial charge in [0, 0.05) is 12.0 Å². The first-order valence-electron chi connectivity index (χ1n) is 8.94.